The fraction of sp³-hybridized carbons (Fsp3) is 0.185. The first-order chi connectivity index (χ1) is 15.5. The van der Waals surface area contributed by atoms with Crippen molar-refractivity contribution in [3.05, 3.63) is 100 Å². The molecule has 0 radical (unpaired) electrons. The lowest BCUT2D eigenvalue weighted by molar-refractivity contribution is 0.0600. The van der Waals surface area contributed by atoms with Gasteiger partial charge in [-0.2, -0.15) is 0 Å². The third-order valence-electron chi connectivity index (χ3n) is 6.11. The van der Waals surface area contributed by atoms with E-state index in [4.69, 9.17) is 9.47 Å². The molecule has 0 N–H and O–H groups in total. The lowest BCUT2D eigenvalue weighted by atomic mass is 9.93. The summed E-state index contributed by atoms with van der Waals surface area (Å²) in [6.45, 7) is 5.34. The number of ether oxygens (including phenoxy) is 2. The van der Waals surface area contributed by atoms with Crippen molar-refractivity contribution in [2.75, 3.05) is 7.11 Å². The smallest absolute Gasteiger partial charge is 0.337 e. The second-order valence-electron chi connectivity index (χ2n) is 8.09. The van der Waals surface area contributed by atoms with Crippen LogP contribution in [0.15, 0.2) is 67.0 Å². The van der Waals surface area contributed by atoms with Crippen LogP contribution in [0.5, 0.6) is 5.75 Å². The van der Waals surface area contributed by atoms with Crippen molar-refractivity contribution in [2.24, 2.45) is 0 Å². The molecule has 0 amide bonds. The van der Waals surface area contributed by atoms with Crippen LogP contribution in [0.3, 0.4) is 0 Å². The molecular formula is C27H24N2O3. The van der Waals surface area contributed by atoms with Crippen LogP contribution in [0.2, 0.25) is 0 Å². The average molecular weight is 425 g/mol. The Hall–Kier alpha value is -3.86. The summed E-state index contributed by atoms with van der Waals surface area (Å²) in [7, 11) is 1.39. The van der Waals surface area contributed by atoms with E-state index >= 15 is 0 Å². The SMILES string of the molecule is COC(=O)c1ccc2c(c1)/C(=C\Cn1cnc3cc(C)c(C)cc31)c1ccccc1CO2. The van der Waals surface area contributed by atoms with Gasteiger partial charge in [0.25, 0.3) is 0 Å². The number of allylic oxidation sites excluding steroid dienone is 1. The van der Waals surface area contributed by atoms with Crippen molar-refractivity contribution in [1.29, 1.82) is 0 Å². The molecule has 0 aliphatic carbocycles. The molecule has 0 fully saturated rings. The molecule has 4 aromatic rings. The van der Waals surface area contributed by atoms with Gasteiger partial charge in [-0.15, -0.1) is 0 Å². The highest BCUT2D eigenvalue weighted by Gasteiger charge is 2.21. The van der Waals surface area contributed by atoms with Gasteiger partial charge in [0.15, 0.2) is 0 Å². The number of carbonyl (C=O) groups is 1. The summed E-state index contributed by atoms with van der Waals surface area (Å²) in [5.41, 5.74) is 9.20. The van der Waals surface area contributed by atoms with Crippen LogP contribution in [0.1, 0.15) is 38.2 Å². The molecule has 0 unspecified atom stereocenters. The molecule has 0 bridgehead atoms. The molecule has 1 aliphatic heterocycles. The van der Waals surface area contributed by atoms with Gasteiger partial charge in [0.2, 0.25) is 0 Å². The summed E-state index contributed by atoms with van der Waals surface area (Å²) in [5.74, 6) is 0.387. The number of aromatic nitrogens is 2. The molecule has 0 spiro atoms. The van der Waals surface area contributed by atoms with Crippen LogP contribution in [0.25, 0.3) is 16.6 Å². The number of esters is 1. The van der Waals surface area contributed by atoms with E-state index in [0.29, 0.717) is 18.7 Å². The van der Waals surface area contributed by atoms with Crippen molar-refractivity contribution in [2.45, 2.75) is 27.0 Å². The largest absolute Gasteiger partial charge is 0.488 e. The van der Waals surface area contributed by atoms with Crippen LogP contribution >= 0.6 is 0 Å². The number of fused-ring (bicyclic) bond motifs is 3. The Morgan fingerprint density at radius 2 is 1.91 bits per heavy atom. The van der Waals surface area contributed by atoms with Crippen molar-refractivity contribution >= 4 is 22.6 Å². The highest BCUT2D eigenvalue weighted by molar-refractivity contribution is 5.93. The second kappa shape index (κ2) is 8.00. The van der Waals surface area contributed by atoms with Gasteiger partial charge in [-0.05, 0) is 72.0 Å². The number of carbonyl (C=O) groups excluding carboxylic acids is 1. The Labute approximate surface area is 186 Å². The normalized spacial score (nSPS) is 13.9. The molecule has 0 atom stereocenters. The predicted molar refractivity (Wildman–Crippen MR) is 125 cm³/mol. The van der Waals surface area contributed by atoms with E-state index in [1.165, 1.54) is 18.2 Å². The molecule has 3 aromatic carbocycles. The lowest BCUT2D eigenvalue weighted by Crippen LogP contribution is -2.03. The molecular weight excluding hydrogens is 400 g/mol. The van der Waals surface area contributed by atoms with E-state index < -0.39 is 0 Å². The first-order valence-electron chi connectivity index (χ1n) is 10.6. The summed E-state index contributed by atoms with van der Waals surface area (Å²) in [6.07, 6.45) is 4.06. The number of imidazole rings is 1. The topological polar surface area (TPSA) is 53.4 Å². The Bertz CT molecular complexity index is 1380. The van der Waals surface area contributed by atoms with Crippen molar-refractivity contribution in [3.63, 3.8) is 0 Å². The standard InChI is InChI=1S/C27H24N2O3/c1-17-12-24-25(13-18(17)2)29(16-28-24)11-10-22-21-7-5-4-6-20(21)15-32-26-9-8-19(14-23(22)26)27(30)31-3/h4-10,12-14,16H,11,15H2,1-3H3/b22-10-. The number of methoxy groups -OCH3 is 1. The van der Waals surface area contributed by atoms with Crippen LogP contribution in [-0.4, -0.2) is 22.6 Å². The number of rotatable bonds is 3. The average Bonchev–Trinajstić information content (AvgIpc) is 3.11. The van der Waals surface area contributed by atoms with Crippen molar-refractivity contribution in [3.8, 4) is 5.75 Å². The zero-order valence-corrected chi connectivity index (χ0v) is 18.4. The van der Waals surface area contributed by atoms with E-state index in [0.717, 1.165) is 39.0 Å². The van der Waals surface area contributed by atoms with Gasteiger partial charge in [-0.25, -0.2) is 9.78 Å². The van der Waals surface area contributed by atoms with Crippen molar-refractivity contribution < 1.29 is 14.3 Å². The van der Waals surface area contributed by atoms with Gasteiger partial charge in [0, 0.05) is 12.1 Å². The molecule has 5 nitrogen and oxygen atoms in total. The summed E-state index contributed by atoms with van der Waals surface area (Å²) in [6, 6.07) is 18.0. The highest BCUT2D eigenvalue weighted by Crippen LogP contribution is 2.37. The quantitative estimate of drug-likeness (QED) is 0.410. The number of hydrogen-bond donors (Lipinski definition) is 0. The minimum Gasteiger partial charge on any atom is -0.488 e. The number of aryl methyl sites for hydroxylation is 2. The Kier molecular flexibility index (Phi) is 5.02. The summed E-state index contributed by atoms with van der Waals surface area (Å²) in [5, 5.41) is 0. The van der Waals surface area contributed by atoms with Crippen molar-refractivity contribution in [1.82, 2.24) is 9.55 Å². The van der Waals surface area contributed by atoms with Gasteiger partial charge in [-0.3, -0.25) is 0 Å². The first kappa shape index (κ1) is 20.1. The Balaban J connectivity index is 1.65. The fourth-order valence-corrected chi connectivity index (χ4v) is 4.19. The highest BCUT2D eigenvalue weighted by atomic mass is 16.5. The molecule has 0 saturated carbocycles. The summed E-state index contributed by atoms with van der Waals surface area (Å²) in [4.78, 5) is 16.8. The van der Waals surface area contributed by atoms with Gasteiger partial charge < -0.3 is 14.0 Å². The van der Waals surface area contributed by atoms with Gasteiger partial charge in [0.1, 0.15) is 12.4 Å². The Morgan fingerprint density at radius 3 is 2.75 bits per heavy atom. The molecule has 160 valence electrons. The molecule has 1 aromatic heterocycles. The van der Waals surface area contributed by atoms with Gasteiger partial charge >= 0.3 is 5.97 Å². The third kappa shape index (κ3) is 3.46. The summed E-state index contributed by atoms with van der Waals surface area (Å²) < 4.78 is 13.2. The molecule has 2 heterocycles. The van der Waals surface area contributed by atoms with Crippen LogP contribution in [0.4, 0.5) is 0 Å². The Morgan fingerprint density at radius 1 is 1.09 bits per heavy atom. The summed E-state index contributed by atoms with van der Waals surface area (Å²) >= 11 is 0. The maximum atomic E-state index is 12.2. The first-order valence-corrected chi connectivity index (χ1v) is 10.6. The fourth-order valence-electron chi connectivity index (χ4n) is 4.19. The third-order valence-corrected chi connectivity index (χ3v) is 6.11. The lowest BCUT2D eigenvalue weighted by Gasteiger charge is -2.12. The molecule has 5 heteroatoms. The molecule has 5 rings (SSSR count). The zero-order valence-electron chi connectivity index (χ0n) is 18.4. The van der Waals surface area contributed by atoms with Crippen LogP contribution < -0.4 is 4.74 Å². The van der Waals surface area contributed by atoms with Gasteiger partial charge in [-0.1, -0.05) is 30.3 Å². The molecule has 1 aliphatic rings. The maximum Gasteiger partial charge on any atom is 0.337 e. The maximum absolute atomic E-state index is 12.2. The zero-order chi connectivity index (χ0) is 22.2. The number of benzene rings is 3. The van der Waals surface area contributed by atoms with Gasteiger partial charge in [0.05, 0.1) is 30.0 Å². The van der Waals surface area contributed by atoms with Crippen LogP contribution in [0, 0.1) is 13.8 Å². The predicted octanol–water partition coefficient (Wildman–Crippen LogP) is 5.46. The van der Waals surface area contributed by atoms with E-state index in [2.05, 4.69) is 53.7 Å². The minimum atomic E-state index is -0.365. The second-order valence-corrected chi connectivity index (χ2v) is 8.09. The van der Waals surface area contributed by atoms with E-state index in [1.54, 1.807) is 6.07 Å². The minimum absolute atomic E-state index is 0.365. The van der Waals surface area contributed by atoms with E-state index in [1.807, 2.05) is 30.6 Å². The van der Waals surface area contributed by atoms with E-state index in [-0.39, 0.29) is 5.97 Å². The molecule has 0 saturated heterocycles. The van der Waals surface area contributed by atoms with Crippen LogP contribution in [-0.2, 0) is 17.9 Å². The molecule has 32 heavy (non-hydrogen) atoms. The van der Waals surface area contributed by atoms with E-state index in [9.17, 15) is 4.79 Å². The number of nitrogens with zero attached hydrogens (tertiary/aromatic N) is 2. The number of hydrogen-bond acceptors (Lipinski definition) is 4. The monoisotopic (exact) mass is 424 g/mol.